The molecule has 1 fully saturated rings. The van der Waals surface area contributed by atoms with Crippen molar-refractivity contribution in [3.05, 3.63) is 0 Å². The number of hydrogen-bond acceptors (Lipinski definition) is 2. The van der Waals surface area contributed by atoms with Crippen LogP contribution in [0.5, 0.6) is 0 Å². The second kappa shape index (κ2) is 8.97. The van der Waals surface area contributed by atoms with Crippen LogP contribution in [0.25, 0.3) is 0 Å². The molecule has 0 aromatic rings. The van der Waals surface area contributed by atoms with E-state index in [0.29, 0.717) is 11.8 Å². The molecule has 0 bridgehead atoms. The molecule has 114 valence electrons. The van der Waals surface area contributed by atoms with Gasteiger partial charge in [-0.15, -0.1) is 0 Å². The van der Waals surface area contributed by atoms with Crippen molar-refractivity contribution in [2.45, 2.75) is 84.8 Å². The second-order valence-electron chi connectivity index (χ2n) is 6.67. The van der Waals surface area contributed by atoms with Crippen molar-refractivity contribution in [1.82, 2.24) is 0 Å². The minimum absolute atomic E-state index is 0.0804. The fourth-order valence-electron chi connectivity index (χ4n) is 3.09. The van der Waals surface area contributed by atoms with Gasteiger partial charge in [0, 0.05) is 6.61 Å². The van der Waals surface area contributed by atoms with Crippen LogP contribution < -0.4 is 0 Å². The molecule has 2 nitrogen and oxygen atoms in total. The standard InChI is InChI=1S/C17H34O2/c1-5-7-8-14(6-2)12-19-17-11-15(13(3)4)9-10-16(17)18/h13-18H,5-12H2,1-4H3. The Morgan fingerprint density at radius 2 is 1.95 bits per heavy atom. The van der Waals surface area contributed by atoms with Gasteiger partial charge >= 0.3 is 0 Å². The Labute approximate surface area is 119 Å². The van der Waals surface area contributed by atoms with Crippen LogP contribution in [0, 0.1) is 17.8 Å². The highest BCUT2D eigenvalue weighted by molar-refractivity contribution is 4.82. The Morgan fingerprint density at radius 3 is 2.53 bits per heavy atom. The lowest BCUT2D eigenvalue weighted by molar-refractivity contribution is -0.0860. The fraction of sp³-hybridized carbons (Fsp3) is 1.00. The molecule has 1 aliphatic carbocycles. The molecule has 0 aromatic carbocycles. The van der Waals surface area contributed by atoms with Gasteiger partial charge in [0.15, 0.2) is 0 Å². The molecule has 0 heterocycles. The first kappa shape index (κ1) is 17.0. The summed E-state index contributed by atoms with van der Waals surface area (Å²) in [6, 6.07) is 0. The summed E-state index contributed by atoms with van der Waals surface area (Å²) in [5.74, 6) is 2.11. The van der Waals surface area contributed by atoms with E-state index in [1.165, 1.54) is 25.7 Å². The Hall–Kier alpha value is -0.0800. The first-order valence-electron chi connectivity index (χ1n) is 8.38. The number of aliphatic hydroxyl groups is 1. The fourth-order valence-corrected chi connectivity index (χ4v) is 3.09. The van der Waals surface area contributed by atoms with Crippen LogP contribution in [0.2, 0.25) is 0 Å². The monoisotopic (exact) mass is 270 g/mol. The van der Waals surface area contributed by atoms with Crippen LogP contribution in [0.15, 0.2) is 0 Å². The molecule has 19 heavy (non-hydrogen) atoms. The van der Waals surface area contributed by atoms with Gasteiger partial charge < -0.3 is 9.84 Å². The van der Waals surface area contributed by atoms with Crippen molar-refractivity contribution in [3.63, 3.8) is 0 Å². The van der Waals surface area contributed by atoms with E-state index in [0.717, 1.165) is 31.8 Å². The maximum absolute atomic E-state index is 10.1. The lowest BCUT2D eigenvalue weighted by Crippen LogP contribution is -2.38. The van der Waals surface area contributed by atoms with Crippen LogP contribution in [0.1, 0.15) is 72.6 Å². The summed E-state index contributed by atoms with van der Waals surface area (Å²) in [4.78, 5) is 0. The first-order valence-corrected chi connectivity index (χ1v) is 8.38. The smallest absolute Gasteiger partial charge is 0.0836 e. The highest BCUT2D eigenvalue weighted by atomic mass is 16.5. The maximum atomic E-state index is 10.1. The van der Waals surface area contributed by atoms with Gasteiger partial charge in [-0.05, 0) is 43.4 Å². The summed E-state index contributed by atoms with van der Waals surface area (Å²) in [5, 5.41) is 10.1. The van der Waals surface area contributed by atoms with Gasteiger partial charge in [-0.3, -0.25) is 0 Å². The van der Waals surface area contributed by atoms with E-state index in [4.69, 9.17) is 4.74 Å². The highest BCUT2D eigenvalue weighted by Crippen LogP contribution is 2.32. The van der Waals surface area contributed by atoms with Gasteiger partial charge in [0.1, 0.15) is 0 Å². The Kier molecular flexibility index (Phi) is 8.01. The Bertz CT molecular complexity index is 227. The van der Waals surface area contributed by atoms with E-state index in [1.807, 2.05) is 0 Å². The molecule has 0 saturated heterocycles. The van der Waals surface area contributed by atoms with Crippen molar-refractivity contribution in [1.29, 1.82) is 0 Å². The lowest BCUT2D eigenvalue weighted by atomic mass is 9.79. The summed E-state index contributed by atoms with van der Waals surface area (Å²) in [6.07, 6.45) is 7.98. The number of ether oxygens (including phenoxy) is 1. The predicted molar refractivity (Wildman–Crippen MR) is 81.2 cm³/mol. The predicted octanol–water partition coefficient (Wildman–Crippen LogP) is 4.41. The molecule has 0 spiro atoms. The number of rotatable bonds is 8. The largest absolute Gasteiger partial charge is 0.390 e. The van der Waals surface area contributed by atoms with E-state index < -0.39 is 0 Å². The van der Waals surface area contributed by atoms with E-state index in [2.05, 4.69) is 27.7 Å². The average Bonchev–Trinajstić information content (AvgIpc) is 2.40. The molecule has 1 aliphatic rings. The van der Waals surface area contributed by atoms with Crippen molar-refractivity contribution in [2.24, 2.45) is 17.8 Å². The van der Waals surface area contributed by atoms with E-state index in [9.17, 15) is 5.11 Å². The molecule has 0 amide bonds. The summed E-state index contributed by atoms with van der Waals surface area (Å²) < 4.78 is 6.08. The van der Waals surface area contributed by atoms with Crippen LogP contribution in [0.4, 0.5) is 0 Å². The van der Waals surface area contributed by atoms with E-state index in [-0.39, 0.29) is 12.2 Å². The SMILES string of the molecule is CCCCC(CC)COC1CC(C(C)C)CCC1O. The number of unbranched alkanes of at least 4 members (excludes halogenated alkanes) is 1. The molecule has 1 N–H and O–H groups in total. The van der Waals surface area contributed by atoms with Crippen molar-refractivity contribution in [3.8, 4) is 0 Å². The molecular weight excluding hydrogens is 236 g/mol. The minimum atomic E-state index is -0.237. The summed E-state index contributed by atoms with van der Waals surface area (Å²) in [6.45, 7) is 9.90. The minimum Gasteiger partial charge on any atom is -0.390 e. The maximum Gasteiger partial charge on any atom is 0.0836 e. The van der Waals surface area contributed by atoms with Crippen molar-refractivity contribution < 1.29 is 9.84 Å². The normalized spacial score (nSPS) is 29.7. The molecule has 1 rings (SSSR count). The molecule has 0 radical (unpaired) electrons. The number of aliphatic hydroxyl groups excluding tert-OH is 1. The topological polar surface area (TPSA) is 29.5 Å². The second-order valence-corrected chi connectivity index (χ2v) is 6.67. The Morgan fingerprint density at radius 1 is 1.21 bits per heavy atom. The molecule has 1 saturated carbocycles. The molecule has 4 unspecified atom stereocenters. The van der Waals surface area contributed by atoms with Crippen LogP contribution in [0.3, 0.4) is 0 Å². The van der Waals surface area contributed by atoms with Gasteiger partial charge in [0.05, 0.1) is 12.2 Å². The van der Waals surface area contributed by atoms with Gasteiger partial charge in [-0.1, -0.05) is 47.0 Å². The zero-order valence-corrected chi connectivity index (χ0v) is 13.4. The van der Waals surface area contributed by atoms with Crippen molar-refractivity contribution in [2.75, 3.05) is 6.61 Å². The van der Waals surface area contributed by atoms with Crippen LogP contribution >= 0.6 is 0 Å². The highest BCUT2D eigenvalue weighted by Gasteiger charge is 2.31. The van der Waals surface area contributed by atoms with Crippen molar-refractivity contribution >= 4 is 0 Å². The van der Waals surface area contributed by atoms with Gasteiger partial charge in [0.2, 0.25) is 0 Å². The first-order chi connectivity index (χ1) is 9.08. The van der Waals surface area contributed by atoms with E-state index in [1.54, 1.807) is 0 Å². The molecule has 2 heteroatoms. The number of hydrogen-bond donors (Lipinski definition) is 1. The third kappa shape index (κ3) is 5.83. The Balaban J connectivity index is 2.36. The molecule has 0 aliphatic heterocycles. The van der Waals surface area contributed by atoms with E-state index >= 15 is 0 Å². The van der Waals surface area contributed by atoms with Gasteiger partial charge in [-0.25, -0.2) is 0 Å². The van der Waals surface area contributed by atoms with Crippen LogP contribution in [-0.4, -0.2) is 23.9 Å². The average molecular weight is 270 g/mol. The summed E-state index contributed by atoms with van der Waals surface area (Å²) in [5.41, 5.74) is 0. The third-order valence-electron chi connectivity index (χ3n) is 4.83. The lowest BCUT2D eigenvalue weighted by Gasteiger charge is -2.35. The molecule has 4 atom stereocenters. The summed E-state index contributed by atoms with van der Waals surface area (Å²) in [7, 11) is 0. The quantitative estimate of drug-likeness (QED) is 0.708. The van der Waals surface area contributed by atoms with Gasteiger partial charge in [-0.2, -0.15) is 0 Å². The third-order valence-corrected chi connectivity index (χ3v) is 4.83. The zero-order chi connectivity index (χ0) is 14.3. The zero-order valence-electron chi connectivity index (χ0n) is 13.4. The molecular formula is C17H34O2. The molecule has 0 aromatic heterocycles. The van der Waals surface area contributed by atoms with Gasteiger partial charge in [0.25, 0.3) is 0 Å². The van der Waals surface area contributed by atoms with Crippen LogP contribution in [-0.2, 0) is 4.74 Å². The summed E-state index contributed by atoms with van der Waals surface area (Å²) >= 11 is 0.